The van der Waals surface area contributed by atoms with Crippen LogP contribution in [0.1, 0.15) is 25.0 Å². The maximum atomic E-state index is 3.44. The monoisotopic (exact) mass is 285 g/mol. The fraction of sp³-hybridized carbons (Fsp3) is 0.190. The summed E-state index contributed by atoms with van der Waals surface area (Å²) in [5, 5.41) is 1.28. The van der Waals surface area contributed by atoms with E-state index < -0.39 is 0 Å². The minimum Gasteiger partial charge on any atom is -0.316 e. The number of benzene rings is 2. The lowest BCUT2D eigenvalue weighted by atomic mass is 9.93. The van der Waals surface area contributed by atoms with Crippen LogP contribution in [0.4, 0.5) is 0 Å². The molecule has 0 bridgehead atoms. The summed E-state index contributed by atoms with van der Waals surface area (Å²) in [6, 6.07) is 17.3. The van der Waals surface area contributed by atoms with Gasteiger partial charge in [0.1, 0.15) is 0 Å². The molecule has 3 aromatic rings. The van der Waals surface area contributed by atoms with E-state index >= 15 is 0 Å². The second kappa shape index (κ2) is 5.05. The van der Waals surface area contributed by atoms with Crippen molar-refractivity contribution >= 4 is 17.0 Å². The van der Waals surface area contributed by atoms with Crippen LogP contribution in [-0.2, 0) is 6.42 Å². The van der Waals surface area contributed by atoms with Crippen LogP contribution >= 0.6 is 0 Å². The van der Waals surface area contributed by atoms with Gasteiger partial charge in [-0.15, -0.1) is 5.73 Å². The molecule has 0 N–H and O–H groups in total. The van der Waals surface area contributed by atoms with Crippen LogP contribution in [0.2, 0.25) is 0 Å². The molecule has 0 spiro atoms. The second-order valence-electron chi connectivity index (χ2n) is 6.17. The predicted molar refractivity (Wildman–Crippen MR) is 93.3 cm³/mol. The molecule has 108 valence electrons. The summed E-state index contributed by atoms with van der Waals surface area (Å²) in [6.07, 6.45) is 5.39. The molecule has 1 aromatic heterocycles. The van der Waals surface area contributed by atoms with E-state index in [4.69, 9.17) is 0 Å². The smallest absolute Gasteiger partial charge is 0.0528 e. The first-order chi connectivity index (χ1) is 10.7. The molecule has 22 heavy (non-hydrogen) atoms. The highest BCUT2D eigenvalue weighted by atomic mass is 15.0. The first-order valence-corrected chi connectivity index (χ1v) is 7.85. The van der Waals surface area contributed by atoms with E-state index in [0.29, 0.717) is 5.92 Å². The molecule has 0 saturated carbocycles. The highest BCUT2D eigenvalue weighted by molar-refractivity contribution is 5.82. The zero-order chi connectivity index (χ0) is 15.1. The molecule has 0 amide bonds. The van der Waals surface area contributed by atoms with Crippen LogP contribution in [0.25, 0.3) is 22.7 Å². The Morgan fingerprint density at radius 3 is 2.82 bits per heavy atom. The molecule has 1 aliphatic carbocycles. The molecule has 0 radical (unpaired) electrons. The summed E-state index contributed by atoms with van der Waals surface area (Å²) in [7, 11) is 0. The molecule has 0 saturated heterocycles. The second-order valence-corrected chi connectivity index (χ2v) is 6.17. The Bertz CT molecular complexity index is 920. The van der Waals surface area contributed by atoms with Crippen molar-refractivity contribution in [1.82, 2.24) is 4.57 Å². The van der Waals surface area contributed by atoms with Crippen molar-refractivity contribution in [2.24, 2.45) is 5.92 Å². The zero-order valence-electron chi connectivity index (χ0n) is 13.0. The third-order valence-electron chi connectivity index (χ3n) is 4.75. The molecule has 1 heteroatoms. The number of allylic oxidation sites excluding steroid dienone is 1. The van der Waals surface area contributed by atoms with Crippen LogP contribution in [0.15, 0.2) is 66.0 Å². The molecule has 1 nitrogen and oxygen atoms in total. The molecular formula is C21H19N. The Morgan fingerprint density at radius 2 is 1.91 bits per heavy atom. The van der Waals surface area contributed by atoms with Gasteiger partial charge in [-0.3, -0.25) is 0 Å². The van der Waals surface area contributed by atoms with Crippen molar-refractivity contribution in [2.75, 3.05) is 0 Å². The third kappa shape index (κ3) is 2.03. The quantitative estimate of drug-likeness (QED) is 0.529. The van der Waals surface area contributed by atoms with Gasteiger partial charge in [0.2, 0.25) is 0 Å². The van der Waals surface area contributed by atoms with Gasteiger partial charge in [-0.2, -0.15) is 0 Å². The molecule has 1 heterocycles. The van der Waals surface area contributed by atoms with E-state index in [2.05, 4.69) is 84.9 Å². The van der Waals surface area contributed by atoms with Gasteiger partial charge in [0.05, 0.1) is 5.52 Å². The van der Waals surface area contributed by atoms with E-state index in [1.807, 2.05) is 0 Å². The number of nitrogens with zero attached hydrogens (tertiary/aromatic N) is 1. The molecular weight excluding hydrogens is 266 g/mol. The number of hydrogen-bond donors (Lipinski definition) is 0. The van der Waals surface area contributed by atoms with E-state index in [-0.39, 0.29) is 0 Å². The van der Waals surface area contributed by atoms with Gasteiger partial charge in [0.15, 0.2) is 0 Å². The summed E-state index contributed by atoms with van der Waals surface area (Å²) < 4.78 is 2.31. The largest absolute Gasteiger partial charge is 0.316 e. The van der Waals surface area contributed by atoms with Gasteiger partial charge < -0.3 is 4.57 Å². The first kappa shape index (κ1) is 13.2. The molecule has 0 fully saturated rings. The van der Waals surface area contributed by atoms with Crippen molar-refractivity contribution in [3.8, 4) is 5.69 Å². The number of fused-ring (bicyclic) bond motifs is 2. The van der Waals surface area contributed by atoms with Gasteiger partial charge >= 0.3 is 0 Å². The normalized spacial score (nSPS) is 17.2. The van der Waals surface area contributed by atoms with Gasteiger partial charge in [0, 0.05) is 11.9 Å². The Kier molecular flexibility index (Phi) is 3.03. The van der Waals surface area contributed by atoms with Gasteiger partial charge in [-0.25, -0.2) is 0 Å². The van der Waals surface area contributed by atoms with Crippen LogP contribution in [0, 0.1) is 5.92 Å². The summed E-state index contributed by atoms with van der Waals surface area (Å²) in [5.74, 6) is 0.528. The average molecular weight is 285 g/mol. The minimum absolute atomic E-state index is 0.528. The van der Waals surface area contributed by atoms with Crippen molar-refractivity contribution in [3.05, 3.63) is 77.2 Å². The number of hydrogen-bond acceptors (Lipinski definition) is 0. The van der Waals surface area contributed by atoms with Gasteiger partial charge in [0.25, 0.3) is 0 Å². The fourth-order valence-corrected chi connectivity index (χ4v) is 3.26. The van der Waals surface area contributed by atoms with Gasteiger partial charge in [-0.05, 0) is 65.6 Å². The maximum absolute atomic E-state index is 3.44. The number of aromatic nitrogens is 1. The van der Waals surface area contributed by atoms with Crippen molar-refractivity contribution in [2.45, 2.75) is 20.3 Å². The average Bonchev–Trinajstić information content (AvgIpc) is 2.90. The lowest BCUT2D eigenvalue weighted by Crippen LogP contribution is -2.06. The summed E-state index contributed by atoms with van der Waals surface area (Å²) in [5.41, 5.74) is 10.0. The Morgan fingerprint density at radius 1 is 1.05 bits per heavy atom. The molecule has 1 atom stereocenters. The Labute approximate surface area is 131 Å². The SMILES string of the molecule is CC1=C=Cc2cccc(-n3ccc4ccccc43)c2C[C@@H]1C. The van der Waals surface area contributed by atoms with E-state index in [9.17, 15) is 0 Å². The van der Waals surface area contributed by atoms with Crippen LogP contribution in [0.5, 0.6) is 0 Å². The van der Waals surface area contributed by atoms with Crippen molar-refractivity contribution in [1.29, 1.82) is 0 Å². The topological polar surface area (TPSA) is 4.93 Å². The number of rotatable bonds is 1. The van der Waals surface area contributed by atoms with E-state index in [1.165, 1.54) is 33.3 Å². The van der Waals surface area contributed by atoms with Crippen LogP contribution in [0.3, 0.4) is 0 Å². The standard InChI is InChI=1S/C21H19N/c1-15-10-11-17-7-5-9-21(19(17)14-16(15)2)22-13-12-18-6-3-4-8-20(18)22/h3-9,11-13,16H,14H2,1-2H3/t16-/m0/s1. The lowest BCUT2D eigenvalue weighted by Gasteiger charge is -2.17. The highest BCUT2D eigenvalue weighted by Crippen LogP contribution is 2.30. The Hall–Kier alpha value is -2.50. The summed E-state index contributed by atoms with van der Waals surface area (Å²) in [4.78, 5) is 0. The first-order valence-electron chi connectivity index (χ1n) is 7.85. The maximum Gasteiger partial charge on any atom is 0.0528 e. The molecule has 4 rings (SSSR count). The Balaban J connectivity index is 1.97. The molecule has 0 aliphatic heterocycles. The summed E-state index contributed by atoms with van der Waals surface area (Å²) >= 11 is 0. The highest BCUT2D eigenvalue weighted by Gasteiger charge is 2.16. The fourth-order valence-electron chi connectivity index (χ4n) is 3.26. The minimum atomic E-state index is 0.528. The van der Waals surface area contributed by atoms with E-state index in [0.717, 1.165) is 6.42 Å². The molecule has 1 aliphatic rings. The summed E-state index contributed by atoms with van der Waals surface area (Å²) in [6.45, 7) is 4.47. The third-order valence-corrected chi connectivity index (χ3v) is 4.75. The van der Waals surface area contributed by atoms with E-state index in [1.54, 1.807) is 0 Å². The molecule has 2 aromatic carbocycles. The van der Waals surface area contributed by atoms with Gasteiger partial charge in [-0.1, -0.05) is 37.3 Å². The lowest BCUT2D eigenvalue weighted by molar-refractivity contribution is 0.678. The number of para-hydroxylation sites is 1. The van der Waals surface area contributed by atoms with Crippen molar-refractivity contribution < 1.29 is 0 Å². The van der Waals surface area contributed by atoms with Crippen LogP contribution < -0.4 is 0 Å². The zero-order valence-corrected chi connectivity index (χ0v) is 13.0. The van der Waals surface area contributed by atoms with Crippen LogP contribution in [-0.4, -0.2) is 4.57 Å². The molecule has 0 unspecified atom stereocenters. The predicted octanol–water partition coefficient (Wildman–Crippen LogP) is 5.38. The van der Waals surface area contributed by atoms with Crippen molar-refractivity contribution in [3.63, 3.8) is 0 Å².